The Labute approximate surface area is 209 Å². The van der Waals surface area contributed by atoms with Crippen LogP contribution in [0.25, 0.3) is 22.3 Å². The van der Waals surface area contributed by atoms with Crippen LogP contribution in [0, 0.1) is 14.6 Å². The molecule has 32 heavy (non-hydrogen) atoms. The van der Waals surface area contributed by atoms with Gasteiger partial charge in [-0.05, 0) is 67.6 Å². The van der Waals surface area contributed by atoms with Gasteiger partial charge in [0.05, 0.1) is 12.8 Å². The summed E-state index contributed by atoms with van der Waals surface area (Å²) >= 11 is 12.5. The minimum atomic E-state index is -0.318. The van der Waals surface area contributed by atoms with Crippen LogP contribution in [0.3, 0.4) is 0 Å². The zero-order chi connectivity index (χ0) is 23.3. The average molecular weight is 578 g/mol. The molecule has 0 atom stereocenters. The number of nitrogens with zero attached hydrogens (tertiary/aromatic N) is 2. The van der Waals surface area contributed by atoms with Crippen molar-refractivity contribution in [3.8, 4) is 28.0 Å². The van der Waals surface area contributed by atoms with Gasteiger partial charge in [-0.25, -0.2) is 0 Å². The Morgan fingerprint density at radius 2 is 1.84 bits per heavy atom. The fourth-order valence-electron chi connectivity index (χ4n) is 3.45. The van der Waals surface area contributed by atoms with Crippen molar-refractivity contribution in [3.05, 3.63) is 84.5 Å². The largest absolute Gasteiger partial charge is 0.489 e. The van der Waals surface area contributed by atoms with Gasteiger partial charge in [0.1, 0.15) is 12.4 Å². The Balaban J connectivity index is 2.06. The fraction of sp³-hybridized carbons (Fsp3) is 0.208. The molecule has 0 aliphatic carbocycles. The SMILES string of the molecule is CCCc1ccc(-c2cn(C)cc(-c3cccc(OCC=C(Br)Br)c3)c2=S)cc1[N+](=O)[O-]. The normalized spacial score (nSPS) is 10.6. The van der Waals surface area contributed by atoms with Crippen LogP contribution < -0.4 is 4.74 Å². The Morgan fingerprint density at radius 3 is 2.47 bits per heavy atom. The molecule has 0 N–H and O–H groups in total. The van der Waals surface area contributed by atoms with Crippen molar-refractivity contribution in [2.45, 2.75) is 19.8 Å². The van der Waals surface area contributed by atoms with Gasteiger partial charge in [0, 0.05) is 42.2 Å². The molecular weight excluding hydrogens is 556 g/mol. The second-order valence-electron chi connectivity index (χ2n) is 7.26. The minimum Gasteiger partial charge on any atom is -0.489 e. The molecule has 166 valence electrons. The fourth-order valence-corrected chi connectivity index (χ4v) is 4.06. The number of ether oxygens (including phenoxy) is 1. The number of halogens is 2. The van der Waals surface area contributed by atoms with Gasteiger partial charge < -0.3 is 9.30 Å². The maximum atomic E-state index is 11.6. The predicted molar refractivity (Wildman–Crippen MR) is 139 cm³/mol. The molecule has 5 nitrogen and oxygen atoms in total. The Bertz CT molecular complexity index is 1230. The molecule has 0 fully saturated rings. The quantitative estimate of drug-likeness (QED) is 0.155. The third kappa shape index (κ3) is 5.94. The summed E-state index contributed by atoms with van der Waals surface area (Å²) in [7, 11) is 1.92. The molecule has 0 saturated heterocycles. The van der Waals surface area contributed by atoms with E-state index in [1.165, 1.54) is 0 Å². The summed E-state index contributed by atoms with van der Waals surface area (Å²) < 4.78 is 9.18. The number of benzene rings is 2. The Hall–Kier alpha value is -2.29. The molecule has 0 amide bonds. The van der Waals surface area contributed by atoms with Crippen LogP contribution in [0.4, 0.5) is 5.69 Å². The number of nitro benzene ring substituents is 1. The minimum absolute atomic E-state index is 0.133. The van der Waals surface area contributed by atoms with E-state index >= 15 is 0 Å². The number of pyridine rings is 1. The third-order valence-electron chi connectivity index (χ3n) is 4.90. The summed E-state index contributed by atoms with van der Waals surface area (Å²) in [4.78, 5) is 11.3. The molecule has 0 radical (unpaired) electrons. The standard InChI is InChI=1S/C24H22Br2N2O3S/c1-3-5-16-8-9-18(13-22(16)28(29)30)21-15-27(2)14-20(24(21)32)17-6-4-7-19(12-17)31-11-10-23(25)26/h4,6-10,12-15H,3,5,11H2,1-2H3. The van der Waals surface area contributed by atoms with Crippen molar-refractivity contribution in [2.24, 2.45) is 7.05 Å². The van der Waals surface area contributed by atoms with Gasteiger partial charge in [-0.15, -0.1) is 0 Å². The van der Waals surface area contributed by atoms with Crippen LogP contribution in [0.5, 0.6) is 5.75 Å². The van der Waals surface area contributed by atoms with Crippen molar-refractivity contribution in [1.82, 2.24) is 4.57 Å². The third-order valence-corrected chi connectivity index (χ3v) is 5.99. The van der Waals surface area contributed by atoms with Gasteiger partial charge in [0.25, 0.3) is 5.69 Å². The number of nitro groups is 1. The molecule has 2 aromatic carbocycles. The van der Waals surface area contributed by atoms with Crippen molar-refractivity contribution >= 4 is 49.8 Å². The van der Waals surface area contributed by atoms with Crippen molar-refractivity contribution in [1.29, 1.82) is 0 Å². The van der Waals surface area contributed by atoms with Gasteiger partial charge in [-0.2, -0.15) is 0 Å². The molecule has 3 aromatic rings. The number of hydrogen-bond donors (Lipinski definition) is 0. The van der Waals surface area contributed by atoms with Gasteiger partial charge in [0.2, 0.25) is 0 Å². The zero-order valence-corrected chi connectivity index (χ0v) is 21.7. The van der Waals surface area contributed by atoms with E-state index in [9.17, 15) is 10.1 Å². The summed E-state index contributed by atoms with van der Waals surface area (Å²) in [6.45, 7) is 2.42. The maximum absolute atomic E-state index is 11.6. The highest BCUT2D eigenvalue weighted by atomic mass is 79.9. The molecule has 0 saturated carbocycles. The van der Waals surface area contributed by atoms with E-state index < -0.39 is 0 Å². The summed E-state index contributed by atoms with van der Waals surface area (Å²) in [5.41, 5.74) is 4.17. The van der Waals surface area contributed by atoms with Gasteiger partial charge in [-0.3, -0.25) is 10.1 Å². The van der Waals surface area contributed by atoms with Crippen LogP contribution in [0.15, 0.2) is 64.3 Å². The predicted octanol–water partition coefficient (Wildman–Crippen LogP) is 7.96. The van der Waals surface area contributed by atoms with E-state index in [0.717, 1.165) is 43.4 Å². The lowest BCUT2D eigenvalue weighted by Gasteiger charge is -2.13. The molecule has 0 unspecified atom stereocenters. The summed E-state index contributed by atoms with van der Waals surface area (Å²) in [6.07, 6.45) is 7.24. The van der Waals surface area contributed by atoms with Gasteiger partial charge >= 0.3 is 0 Å². The van der Waals surface area contributed by atoms with Crippen molar-refractivity contribution in [3.63, 3.8) is 0 Å². The molecular formula is C24H22Br2N2O3S. The summed E-state index contributed by atoms with van der Waals surface area (Å²) in [5.74, 6) is 0.724. The van der Waals surface area contributed by atoms with Crippen molar-refractivity contribution in [2.75, 3.05) is 6.61 Å². The molecule has 0 aliphatic heterocycles. The first kappa shape index (κ1) is 24.4. The lowest BCUT2D eigenvalue weighted by Crippen LogP contribution is -1.99. The van der Waals surface area contributed by atoms with Crippen LogP contribution in [0.2, 0.25) is 0 Å². The summed E-state index contributed by atoms with van der Waals surface area (Å²) in [5, 5.41) is 11.6. The first-order chi connectivity index (χ1) is 15.3. The Morgan fingerprint density at radius 1 is 1.16 bits per heavy atom. The molecule has 0 aliphatic rings. The van der Waals surface area contributed by atoms with Crippen LogP contribution in [-0.2, 0) is 13.5 Å². The van der Waals surface area contributed by atoms with E-state index in [-0.39, 0.29) is 10.6 Å². The molecule has 1 aromatic heterocycles. The first-order valence-electron chi connectivity index (χ1n) is 10.0. The van der Waals surface area contributed by atoms with E-state index in [4.69, 9.17) is 17.0 Å². The smallest absolute Gasteiger partial charge is 0.273 e. The van der Waals surface area contributed by atoms with Crippen molar-refractivity contribution < 1.29 is 9.66 Å². The molecule has 0 bridgehead atoms. The lowest BCUT2D eigenvalue weighted by molar-refractivity contribution is -0.385. The van der Waals surface area contributed by atoms with E-state index in [0.29, 0.717) is 17.5 Å². The topological polar surface area (TPSA) is 57.3 Å². The first-order valence-corrected chi connectivity index (χ1v) is 12.0. The number of rotatable bonds is 8. The van der Waals surface area contributed by atoms with Gasteiger partial charge in [-0.1, -0.05) is 49.8 Å². The Kier molecular flexibility index (Phi) is 8.39. The maximum Gasteiger partial charge on any atom is 0.273 e. The average Bonchev–Trinajstić information content (AvgIpc) is 2.75. The number of aryl methyl sites for hydroxylation is 2. The summed E-state index contributed by atoms with van der Waals surface area (Å²) in [6, 6.07) is 13.1. The highest BCUT2D eigenvalue weighted by molar-refractivity contribution is 9.28. The number of aromatic nitrogens is 1. The van der Waals surface area contributed by atoms with Gasteiger partial charge in [0.15, 0.2) is 0 Å². The molecule has 8 heteroatoms. The van der Waals surface area contributed by atoms with E-state index in [1.54, 1.807) is 6.07 Å². The zero-order valence-electron chi connectivity index (χ0n) is 17.7. The van der Waals surface area contributed by atoms with Crippen LogP contribution in [-0.4, -0.2) is 16.1 Å². The van der Waals surface area contributed by atoms with E-state index in [1.807, 2.05) is 73.4 Å². The van der Waals surface area contributed by atoms with E-state index in [2.05, 4.69) is 31.9 Å². The second-order valence-corrected chi connectivity index (χ2v) is 10.4. The lowest BCUT2D eigenvalue weighted by atomic mass is 9.98. The highest BCUT2D eigenvalue weighted by Gasteiger charge is 2.16. The van der Waals surface area contributed by atoms with Crippen LogP contribution >= 0.6 is 44.1 Å². The monoisotopic (exact) mass is 576 g/mol. The number of hydrogen-bond acceptors (Lipinski definition) is 4. The molecule has 0 spiro atoms. The molecule has 3 rings (SSSR count). The highest BCUT2D eigenvalue weighted by Crippen LogP contribution is 2.33. The van der Waals surface area contributed by atoms with Crippen LogP contribution in [0.1, 0.15) is 18.9 Å². The molecule has 1 heterocycles. The second kappa shape index (κ2) is 11.0.